The average Bonchev–Trinajstić information content (AvgIpc) is 2.83. The number of thioether (sulfide) groups is 1. The summed E-state index contributed by atoms with van der Waals surface area (Å²) >= 11 is 2.04. The van der Waals surface area contributed by atoms with E-state index in [9.17, 15) is 0 Å². The van der Waals surface area contributed by atoms with Crippen molar-refractivity contribution < 1.29 is 0 Å². The van der Waals surface area contributed by atoms with E-state index >= 15 is 0 Å². The monoisotopic (exact) mass is 266 g/mol. The Morgan fingerprint density at radius 2 is 2.22 bits per heavy atom. The molecule has 1 aliphatic heterocycles. The number of nitrogens with zero attached hydrogens (tertiary/aromatic N) is 2. The van der Waals surface area contributed by atoms with E-state index in [1.807, 2.05) is 18.7 Å². The maximum absolute atomic E-state index is 5.95. The quantitative estimate of drug-likeness (QED) is 0.877. The predicted octanol–water partition coefficient (Wildman–Crippen LogP) is 2.66. The number of hydrogen-bond acceptors (Lipinski definition) is 5. The zero-order valence-electron chi connectivity index (χ0n) is 11.4. The molecule has 0 amide bonds. The van der Waals surface area contributed by atoms with E-state index in [0.717, 1.165) is 29.7 Å². The van der Waals surface area contributed by atoms with Crippen LogP contribution in [0.4, 0.5) is 11.6 Å². The highest BCUT2D eigenvalue weighted by Crippen LogP contribution is 2.25. The lowest BCUT2D eigenvalue weighted by molar-refractivity contribution is 0.629. The lowest BCUT2D eigenvalue weighted by atomic mass is 10.1. The van der Waals surface area contributed by atoms with Crippen molar-refractivity contribution in [3.05, 3.63) is 11.4 Å². The third kappa shape index (κ3) is 3.07. The van der Waals surface area contributed by atoms with E-state index in [1.54, 1.807) is 0 Å². The molecule has 1 fully saturated rings. The summed E-state index contributed by atoms with van der Waals surface area (Å²) in [4.78, 5) is 8.92. The van der Waals surface area contributed by atoms with Crippen LogP contribution in [0.1, 0.15) is 37.6 Å². The van der Waals surface area contributed by atoms with Gasteiger partial charge in [0.15, 0.2) is 0 Å². The minimum absolute atomic E-state index is 0.301. The van der Waals surface area contributed by atoms with Gasteiger partial charge >= 0.3 is 0 Å². The maximum atomic E-state index is 5.95. The highest BCUT2D eigenvalue weighted by molar-refractivity contribution is 7.99. The number of nitrogen functional groups attached to an aromatic ring is 1. The van der Waals surface area contributed by atoms with E-state index in [0.29, 0.717) is 11.7 Å². The predicted molar refractivity (Wildman–Crippen MR) is 79.2 cm³/mol. The van der Waals surface area contributed by atoms with Gasteiger partial charge in [-0.15, -0.1) is 0 Å². The van der Waals surface area contributed by atoms with Crippen LogP contribution >= 0.6 is 11.8 Å². The minimum atomic E-state index is 0.301. The van der Waals surface area contributed by atoms with Crippen LogP contribution in [0, 0.1) is 12.8 Å². The topological polar surface area (TPSA) is 63.8 Å². The Hall–Kier alpha value is -0.970. The molecule has 1 aromatic heterocycles. The Bertz CT molecular complexity index is 414. The van der Waals surface area contributed by atoms with Crippen LogP contribution < -0.4 is 11.1 Å². The molecule has 18 heavy (non-hydrogen) atoms. The Balaban J connectivity index is 2.10. The number of aromatic nitrogens is 2. The molecule has 5 heteroatoms. The zero-order chi connectivity index (χ0) is 13.1. The summed E-state index contributed by atoms with van der Waals surface area (Å²) < 4.78 is 0. The maximum Gasteiger partial charge on any atom is 0.135 e. The summed E-state index contributed by atoms with van der Waals surface area (Å²) in [5.74, 6) is 5.92. The molecule has 1 unspecified atom stereocenters. The van der Waals surface area contributed by atoms with Crippen molar-refractivity contribution in [2.75, 3.05) is 29.1 Å². The smallest absolute Gasteiger partial charge is 0.135 e. The third-order valence-electron chi connectivity index (χ3n) is 3.30. The lowest BCUT2D eigenvalue weighted by Gasteiger charge is -2.15. The molecule has 2 heterocycles. The van der Waals surface area contributed by atoms with Crippen LogP contribution in [0.25, 0.3) is 0 Å². The van der Waals surface area contributed by atoms with Crippen molar-refractivity contribution in [1.29, 1.82) is 0 Å². The number of hydrogen-bond donors (Lipinski definition) is 2. The molecule has 0 aliphatic carbocycles. The van der Waals surface area contributed by atoms with Crippen molar-refractivity contribution in [2.24, 2.45) is 5.92 Å². The van der Waals surface area contributed by atoms with Crippen LogP contribution in [-0.2, 0) is 0 Å². The van der Waals surface area contributed by atoms with Crippen LogP contribution in [0.15, 0.2) is 0 Å². The van der Waals surface area contributed by atoms with Gasteiger partial charge in [0.25, 0.3) is 0 Å². The van der Waals surface area contributed by atoms with Crippen LogP contribution in [0.3, 0.4) is 0 Å². The molecule has 4 nitrogen and oxygen atoms in total. The van der Waals surface area contributed by atoms with Gasteiger partial charge in [-0.1, -0.05) is 13.8 Å². The van der Waals surface area contributed by atoms with E-state index in [-0.39, 0.29) is 0 Å². The number of anilines is 2. The van der Waals surface area contributed by atoms with E-state index < -0.39 is 0 Å². The van der Waals surface area contributed by atoms with Crippen molar-refractivity contribution in [1.82, 2.24) is 9.97 Å². The van der Waals surface area contributed by atoms with E-state index in [1.165, 1.54) is 17.9 Å². The largest absolute Gasteiger partial charge is 0.383 e. The SMILES string of the molecule is Cc1c(N)nc(C(C)C)nc1NCC1CCSC1. The fraction of sp³-hybridized carbons (Fsp3) is 0.692. The first kappa shape index (κ1) is 13.5. The molecule has 0 bridgehead atoms. The first-order valence-electron chi connectivity index (χ1n) is 6.53. The second-order valence-electron chi connectivity index (χ2n) is 5.21. The van der Waals surface area contributed by atoms with Gasteiger partial charge in [0.2, 0.25) is 0 Å². The molecule has 2 rings (SSSR count). The first-order chi connectivity index (χ1) is 8.58. The second-order valence-corrected chi connectivity index (χ2v) is 6.36. The summed E-state index contributed by atoms with van der Waals surface area (Å²) in [5.41, 5.74) is 6.91. The second kappa shape index (κ2) is 5.78. The van der Waals surface area contributed by atoms with Crippen molar-refractivity contribution >= 4 is 23.4 Å². The molecular formula is C13H22N4S. The average molecular weight is 266 g/mol. The van der Waals surface area contributed by atoms with Gasteiger partial charge in [-0.3, -0.25) is 0 Å². The fourth-order valence-electron chi connectivity index (χ4n) is 1.97. The number of nitrogens with one attached hydrogen (secondary N) is 1. The molecule has 1 aliphatic rings. The van der Waals surface area contributed by atoms with E-state index in [2.05, 4.69) is 29.1 Å². The molecular weight excluding hydrogens is 244 g/mol. The van der Waals surface area contributed by atoms with Crippen molar-refractivity contribution in [3.8, 4) is 0 Å². The molecule has 0 saturated carbocycles. The molecule has 3 N–H and O–H groups in total. The Morgan fingerprint density at radius 3 is 2.83 bits per heavy atom. The van der Waals surface area contributed by atoms with Gasteiger partial charge in [0, 0.05) is 18.0 Å². The molecule has 100 valence electrons. The van der Waals surface area contributed by atoms with Gasteiger partial charge in [-0.25, -0.2) is 9.97 Å². The Morgan fingerprint density at radius 1 is 1.44 bits per heavy atom. The normalized spacial score (nSPS) is 19.4. The Labute approximate surface area is 113 Å². The van der Waals surface area contributed by atoms with Crippen molar-refractivity contribution in [3.63, 3.8) is 0 Å². The summed E-state index contributed by atoms with van der Waals surface area (Å²) in [6.45, 7) is 7.13. The summed E-state index contributed by atoms with van der Waals surface area (Å²) in [6.07, 6.45) is 1.30. The standard InChI is InChI=1S/C13H22N4S/c1-8(2)12-16-11(14)9(3)13(17-12)15-6-10-4-5-18-7-10/h8,10H,4-7H2,1-3H3,(H3,14,15,16,17). The molecule has 0 aromatic carbocycles. The molecule has 1 aromatic rings. The van der Waals surface area contributed by atoms with Gasteiger partial charge in [0.1, 0.15) is 17.5 Å². The highest BCUT2D eigenvalue weighted by Gasteiger charge is 2.17. The zero-order valence-corrected chi connectivity index (χ0v) is 12.2. The minimum Gasteiger partial charge on any atom is -0.383 e. The molecule has 1 atom stereocenters. The summed E-state index contributed by atoms with van der Waals surface area (Å²) in [6, 6.07) is 0. The number of rotatable bonds is 4. The van der Waals surface area contributed by atoms with Crippen LogP contribution in [0.2, 0.25) is 0 Å². The molecule has 1 saturated heterocycles. The fourth-order valence-corrected chi connectivity index (χ4v) is 3.25. The van der Waals surface area contributed by atoms with Gasteiger partial charge in [0.05, 0.1) is 0 Å². The first-order valence-corrected chi connectivity index (χ1v) is 7.69. The molecule has 0 spiro atoms. The summed E-state index contributed by atoms with van der Waals surface area (Å²) in [7, 11) is 0. The highest BCUT2D eigenvalue weighted by atomic mass is 32.2. The van der Waals surface area contributed by atoms with Gasteiger partial charge < -0.3 is 11.1 Å². The van der Waals surface area contributed by atoms with Crippen LogP contribution in [0.5, 0.6) is 0 Å². The summed E-state index contributed by atoms with van der Waals surface area (Å²) in [5, 5.41) is 3.45. The van der Waals surface area contributed by atoms with Crippen molar-refractivity contribution in [2.45, 2.75) is 33.1 Å². The third-order valence-corrected chi connectivity index (χ3v) is 4.53. The lowest BCUT2D eigenvalue weighted by Crippen LogP contribution is -2.17. The van der Waals surface area contributed by atoms with Gasteiger partial charge in [-0.05, 0) is 30.8 Å². The molecule has 0 radical (unpaired) electrons. The number of nitrogens with two attached hydrogens (primary N) is 1. The van der Waals surface area contributed by atoms with Gasteiger partial charge in [-0.2, -0.15) is 11.8 Å². The van der Waals surface area contributed by atoms with Crippen LogP contribution in [-0.4, -0.2) is 28.0 Å². The Kier molecular flexibility index (Phi) is 4.32. The van der Waals surface area contributed by atoms with E-state index in [4.69, 9.17) is 5.73 Å².